The Kier molecular flexibility index (Phi) is 4.34. The molecular weight excluding hydrogens is 334 g/mol. The second kappa shape index (κ2) is 6.50. The Bertz CT molecular complexity index is 784. The number of hydrogen-bond acceptors (Lipinski definition) is 2. The number of rotatable bonds is 3. The standard InChI is InChI=1S/C20H24ClN3O/c1-12-9-19(13(2)24(12)18-7-3-14(21)4-8-18)20(25)23-17-10-15-5-6-16(11-17)22-15/h3-4,7-9,15-17,22H,5-6,10-11H2,1-2H3,(H,23,25). The van der Waals surface area contributed by atoms with Crippen LogP contribution >= 0.6 is 11.6 Å². The Balaban J connectivity index is 1.55. The van der Waals surface area contributed by atoms with Gasteiger partial charge in [-0.15, -0.1) is 0 Å². The first-order valence-electron chi connectivity index (χ1n) is 9.03. The number of halogens is 1. The maximum absolute atomic E-state index is 12.9. The zero-order valence-electron chi connectivity index (χ0n) is 14.7. The molecular formula is C20H24ClN3O. The minimum atomic E-state index is 0.0413. The van der Waals surface area contributed by atoms with Crippen LogP contribution in [0.25, 0.3) is 5.69 Å². The predicted octanol–water partition coefficient (Wildman–Crippen LogP) is 3.76. The molecule has 2 fully saturated rings. The van der Waals surface area contributed by atoms with Crippen LogP contribution in [0, 0.1) is 13.8 Å². The van der Waals surface area contributed by atoms with Gasteiger partial charge in [-0.3, -0.25) is 4.79 Å². The molecule has 1 aromatic carbocycles. The van der Waals surface area contributed by atoms with Gasteiger partial charge in [-0.05, 0) is 69.9 Å². The highest BCUT2D eigenvalue weighted by Gasteiger charge is 2.34. The van der Waals surface area contributed by atoms with Crippen molar-refractivity contribution < 1.29 is 4.79 Å². The highest BCUT2D eigenvalue weighted by atomic mass is 35.5. The molecule has 2 atom stereocenters. The third-order valence-electron chi connectivity index (χ3n) is 5.57. The number of carbonyl (C=O) groups excluding carboxylic acids is 1. The fourth-order valence-corrected chi connectivity index (χ4v) is 4.54. The lowest BCUT2D eigenvalue weighted by atomic mass is 9.99. The zero-order chi connectivity index (χ0) is 17.6. The van der Waals surface area contributed by atoms with E-state index in [2.05, 4.69) is 15.2 Å². The number of piperidine rings is 1. The Hall–Kier alpha value is -1.78. The van der Waals surface area contributed by atoms with Gasteiger partial charge in [-0.2, -0.15) is 0 Å². The van der Waals surface area contributed by atoms with Gasteiger partial charge in [0.25, 0.3) is 5.91 Å². The highest BCUT2D eigenvalue weighted by Crippen LogP contribution is 2.27. The Labute approximate surface area is 153 Å². The smallest absolute Gasteiger partial charge is 0.253 e. The second-order valence-electron chi connectivity index (χ2n) is 7.38. The monoisotopic (exact) mass is 357 g/mol. The van der Waals surface area contributed by atoms with Crippen molar-refractivity contribution >= 4 is 17.5 Å². The molecule has 2 aliphatic rings. The van der Waals surface area contributed by atoms with Crippen LogP contribution in [0.4, 0.5) is 0 Å². The molecule has 132 valence electrons. The lowest BCUT2D eigenvalue weighted by molar-refractivity contribution is 0.0923. The molecule has 2 bridgehead atoms. The second-order valence-corrected chi connectivity index (χ2v) is 7.81. The minimum Gasteiger partial charge on any atom is -0.349 e. The number of amides is 1. The van der Waals surface area contributed by atoms with E-state index in [1.54, 1.807) is 0 Å². The molecule has 2 aromatic rings. The van der Waals surface area contributed by atoms with Gasteiger partial charge in [0.05, 0.1) is 5.56 Å². The molecule has 0 saturated carbocycles. The van der Waals surface area contributed by atoms with Crippen molar-refractivity contribution in [1.82, 2.24) is 15.2 Å². The molecule has 2 N–H and O–H groups in total. The van der Waals surface area contributed by atoms with E-state index >= 15 is 0 Å². The van der Waals surface area contributed by atoms with Crippen LogP contribution in [0.3, 0.4) is 0 Å². The summed E-state index contributed by atoms with van der Waals surface area (Å²) < 4.78 is 2.11. The molecule has 0 radical (unpaired) electrons. The summed E-state index contributed by atoms with van der Waals surface area (Å²) >= 11 is 5.99. The molecule has 4 nitrogen and oxygen atoms in total. The van der Waals surface area contributed by atoms with Gasteiger partial charge < -0.3 is 15.2 Å². The van der Waals surface area contributed by atoms with Gasteiger partial charge in [0.2, 0.25) is 0 Å². The summed E-state index contributed by atoms with van der Waals surface area (Å²) in [4.78, 5) is 12.9. The fraction of sp³-hybridized carbons (Fsp3) is 0.450. The summed E-state index contributed by atoms with van der Waals surface area (Å²) in [6, 6.07) is 11.1. The SMILES string of the molecule is Cc1cc(C(=O)NC2CC3CCC(C2)N3)c(C)n1-c1ccc(Cl)cc1. The molecule has 25 heavy (non-hydrogen) atoms. The third-order valence-corrected chi connectivity index (χ3v) is 5.82. The average Bonchev–Trinajstić information content (AvgIpc) is 3.07. The van der Waals surface area contributed by atoms with E-state index in [1.165, 1.54) is 12.8 Å². The molecule has 0 spiro atoms. The van der Waals surface area contributed by atoms with Gasteiger partial charge in [0, 0.05) is 40.2 Å². The molecule has 2 unspecified atom stereocenters. The Morgan fingerprint density at radius 2 is 1.80 bits per heavy atom. The summed E-state index contributed by atoms with van der Waals surface area (Å²) in [5, 5.41) is 7.59. The molecule has 4 rings (SSSR count). The van der Waals surface area contributed by atoms with E-state index in [0.29, 0.717) is 17.1 Å². The van der Waals surface area contributed by atoms with Gasteiger partial charge in [-0.25, -0.2) is 0 Å². The number of aryl methyl sites for hydroxylation is 1. The van der Waals surface area contributed by atoms with Crippen LogP contribution < -0.4 is 10.6 Å². The van der Waals surface area contributed by atoms with E-state index in [9.17, 15) is 4.79 Å². The number of nitrogens with one attached hydrogen (secondary N) is 2. The van der Waals surface area contributed by atoms with Crippen LogP contribution in [0.1, 0.15) is 47.4 Å². The number of aromatic nitrogens is 1. The number of benzene rings is 1. The van der Waals surface area contributed by atoms with E-state index in [-0.39, 0.29) is 11.9 Å². The minimum absolute atomic E-state index is 0.0413. The Morgan fingerprint density at radius 1 is 1.16 bits per heavy atom. The van der Waals surface area contributed by atoms with Crippen molar-refractivity contribution in [2.24, 2.45) is 0 Å². The first-order valence-corrected chi connectivity index (χ1v) is 9.41. The van der Waals surface area contributed by atoms with Crippen LogP contribution in [0.5, 0.6) is 0 Å². The first-order chi connectivity index (χ1) is 12.0. The highest BCUT2D eigenvalue weighted by molar-refractivity contribution is 6.30. The van der Waals surface area contributed by atoms with Crippen molar-refractivity contribution in [1.29, 1.82) is 0 Å². The van der Waals surface area contributed by atoms with E-state index in [4.69, 9.17) is 11.6 Å². The molecule has 0 aliphatic carbocycles. The number of carbonyl (C=O) groups is 1. The van der Waals surface area contributed by atoms with Crippen molar-refractivity contribution in [2.75, 3.05) is 0 Å². The number of nitrogens with zero attached hydrogens (tertiary/aromatic N) is 1. The van der Waals surface area contributed by atoms with Crippen molar-refractivity contribution in [3.05, 3.63) is 52.3 Å². The molecule has 1 aromatic heterocycles. The van der Waals surface area contributed by atoms with Crippen LogP contribution in [-0.4, -0.2) is 28.6 Å². The van der Waals surface area contributed by atoms with Crippen molar-refractivity contribution in [3.8, 4) is 5.69 Å². The summed E-state index contributed by atoms with van der Waals surface area (Å²) in [6.07, 6.45) is 4.56. The lowest BCUT2D eigenvalue weighted by Crippen LogP contribution is -2.48. The summed E-state index contributed by atoms with van der Waals surface area (Å²) in [5.41, 5.74) is 3.81. The normalized spacial score (nSPS) is 25.2. The van der Waals surface area contributed by atoms with Crippen LogP contribution in [0.2, 0.25) is 5.02 Å². The van der Waals surface area contributed by atoms with Gasteiger partial charge in [0.15, 0.2) is 0 Å². The van der Waals surface area contributed by atoms with Gasteiger partial charge >= 0.3 is 0 Å². The topological polar surface area (TPSA) is 46.1 Å². The van der Waals surface area contributed by atoms with Gasteiger partial charge in [-0.1, -0.05) is 11.6 Å². The van der Waals surface area contributed by atoms with E-state index in [0.717, 1.165) is 35.5 Å². The number of fused-ring (bicyclic) bond motifs is 2. The lowest BCUT2D eigenvalue weighted by Gasteiger charge is -2.29. The summed E-state index contributed by atoms with van der Waals surface area (Å²) in [6.45, 7) is 4.03. The van der Waals surface area contributed by atoms with E-state index < -0.39 is 0 Å². The largest absolute Gasteiger partial charge is 0.349 e. The predicted molar refractivity (Wildman–Crippen MR) is 101 cm³/mol. The van der Waals surface area contributed by atoms with Crippen molar-refractivity contribution in [2.45, 2.75) is 57.7 Å². The maximum Gasteiger partial charge on any atom is 0.253 e. The number of hydrogen-bond donors (Lipinski definition) is 2. The summed E-state index contributed by atoms with van der Waals surface area (Å²) in [5.74, 6) is 0.0413. The molecule has 2 aliphatic heterocycles. The van der Waals surface area contributed by atoms with Gasteiger partial charge in [0.1, 0.15) is 0 Å². The fourth-order valence-electron chi connectivity index (χ4n) is 4.42. The zero-order valence-corrected chi connectivity index (χ0v) is 15.4. The van der Waals surface area contributed by atoms with Crippen LogP contribution in [-0.2, 0) is 0 Å². The Morgan fingerprint density at radius 3 is 2.44 bits per heavy atom. The maximum atomic E-state index is 12.9. The molecule has 5 heteroatoms. The molecule has 3 heterocycles. The average molecular weight is 358 g/mol. The quantitative estimate of drug-likeness (QED) is 0.878. The third kappa shape index (κ3) is 3.21. The molecule has 1 amide bonds. The van der Waals surface area contributed by atoms with Crippen molar-refractivity contribution in [3.63, 3.8) is 0 Å². The first kappa shape index (κ1) is 16.7. The van der Waals surface area contributed by atoms with E-state index in [1.807, 2.05) is 44.2 Å². The molecule has 2 saturated heterocycles. The summed E-state index contributed by atoms with van der Waals surface area (Å²) in [7, 11) is 0. The van der Waals surface area contributed by atoms with Crippen LogP contribution in [0.15, 0.2) is 30.3 Å².